The van der Waals surface area contributed by atoms with Crippen molar-refractivity contribution in [2.45, 2.75) is 51.4 Å². The minimum atomic E-state index is 0.189. The molecule has 0 N–H and O–H groups in total. The zero-order valence-corrected chi connectivity index (χ0v) is 14.3. The molecule has 5 heteroatoms. The maximum atomic E-state index is 12.6. The van der Waals surface area contributed by atoms with Crippen molar-refractivity contribution in [1.29, 1.82) is 0 Å². The molecule has 3 aliphatic rings. The summed E-state index contributed by atoms with van der Waals surface area (Å²) in [6, 6.07) is 0. The van der Waals surface area contributed by atoms with E-state index in [1.54, 1.807) is 0 Å². The van der Waals surface area contributed by atoms with Crippen LogP contribution >= 0.6 is 0 Å². The van der Waals surface area contributed by atoms with Gasteiger partial charge < -0.3 is 9.80 Å². The van der Waals surface area contributed by atoms with Crippen molar-refractivity contribution < 1.29 is 9.59 Å². The Labute approximate surface area is 140 Å². The highest BCUT2D eigenvalue weighted by Crippen LogP contribution is 2.22. The number of hydrogen-bond donors (Lipinski definition) is 0. The Balaban J connectivity index is 1.41. The van der Waals surface area contributed by atoms with E-state index in [0.29, 0.717) is 12.5 Å². The normalized spacial score (nSPS) is 24.7. The summed E-state index contributed by atoms with van der Waals surface area (Å²) >= 11 is 0. The van der Waals surface area contributed by atoms with Crippen LogP contribution in [0.4, 0.5) is 0 Å². The smallest absolute Gasteiger partial charge is 0.236 e. The zero-order valence-electron chi connectivity index (χ0n) is 14.3. The van der Waals surface area contributed by atoms with Gasteiger partial charge in [0, 0.05) is 32.1 Å². The summed E-state index contributed by atoms with van der Waals surface area (Å²) in [5.41, 5.74) is 0. The van der Waals surface area contributed by atoms with Crippen LogP contribution in [0.5, 0.6) is 0 Å². The second-order valence-electron chi connectivity index (χ2n) is 7.38. The third-order valence-electron chi connectivity index (χ3n) is 5.67. The van der Waals surface area contributed by atoms with Crippen LogP contribution in [0.2, 0.25) is 0 Å². The van der Waals surface area contributed by atoms with E-state index in [-0.39, 0.29) is 11.8 Å². The molecule has 0 atom stereocenters. The molecule has 3 aliphatic heterocycles. The van der Waals surface area contributed by atoms with Gasteiger partial charge in [-0.3, -0.25) is 14.5 Å². The van der Waals surface area contributed by atoms with Crippen LogP contribution < -0.4 is 0 Å². The molecule has 0 aromatic rings. The zero-order chi connectivity index (χ0) is 16.1. The molecule has 3 rings (SSSR count). The standard InChI is InChI=1S/C18H31N3O2/c22-17(20-9-3-1-4-10-20)15-19-13-7-16(8-14-19)18(23)21-11-5-2-6-12-21/h16H,1-15H2. The van der Waals surface area contributed by atoms with Gasteiger partial charge in [0.15, 0.2) is 0 Å². The van der Waals surface area contributed by atoms with Crippen molar-refractivity contribution in [3.8, 4) is 0 Å². The molecule has 0 aromatic heterocycles. The molecule has 23 heavy (non-hydrogen) atoms. The Morgan fingerprint density at radius 3 is 1.78 bits per heavy atom. The number of likely N-dealkylation sites (tertiary alicyclic amines) is 3. The molecule has 0 unspecified atom stereocenters. The molecule has 0 saturated carbocycles. The molecule has 3 heterocycles. The van der Waals surface area contributed by atoms with E-state index in [9.17, 15) is 9.59 Å². The summed E-state index contributed by atoms with van der Waals surface area (Å²) in [5.74, 6) is 0.839. The van der Waals surface area contributed by atoms with Gasteiger partial charge in [0.05, 0.1) is 6.54 Å². The molecule has 0 bridgehead atoms. The van der Waals surface area contributed by atoms with Crippen LogP contribution in [0.25, 0.3) is 0 Å². The molecule has 0 aliphatic carbocycles. The molecule has 130 valence electrons. The van der Waals surface area contributed by atoms with Crippen molar-refractivity contribution >= 4 is 11.8 Å². The van der Waals surface area contributed by atoms with Gasteiger partial charge in [-0.1, -0.05) is 0 Å². The van der Waals surface area contributed by atoms with E-state index in [4.69, 9.17) is 0 Å². The maximum absolute atomic E-state index is 12.6. The van der Waals surface area contributed by atoms with E-state index in [1.165, 1.54) is 12.8 Å². The fourth-order valence-corrected chi connectivity index (χ4v) is 4.15. The van der Waals surface area contributed by atoms with Gasteiger partial charge in [-0.05, 0) is 64.5 Å². The lowest BCUT2D eigenvalue weighted by molar-refractivity contribution is -0.138. The molecular weight excluding hydrogens is 290 g/mol. The summed E-state index contributed by atoms with van der Waals surface area (Å²) in [4.78, 5) is 31.2. The number of amides is 2. The minimum Gasteiger partial charge on any atom is -0.342 e. The van der Waals surface area contributed by atoms with Crippen molar-refractivity contribution in [2.75, 3.05) is 45.8 Å². The van der Waals surface area contributed by atoms with Crippen molar-refractivity contribution in [3.63, 3.8) is 0 Å². The predicted molar refractivity (Wildman–Crippen MR) is 90.0 cm³/mol. The Kier molecular flexibility index (Phi) is 5.92. The van der Waals surface area contributed by atoms with E-state index in [0.717, 1.165) is 77.8 Å². The molecular formula is C18H31N3O2. The SMILES string of the molecule is O=C(CN1CCC(C(=O)N2CCCCC2)CC1)N1CCCCC1. The summed E-state index contributed by atoms with van der Waals surface area (Å²) < 4.78 is 0. The minimum absolute atomic E-state index is 0.189. The number of piperidine rings is 3. The topological polar surface area (TPSA) is 43.9 Å². The van der Waals surface area contributed by atoms with Crippen molar-refractivity contribution in [1.82, 2.24) is 14.7 Å². The molecule has 0 aromatic carbocycles. The largest absolute Gasteiger partial charge is 0.342 e. The van der Waals surface area contributed by atoms with E-state index in [2.05, 4.69) is 9.80 Å². The summed E-state index contributed by atoms with van der Waals surface area (Å²) in [7, 11) is 0. The highest BCUT2D eigenvalue weighted by atomic mass is 16.2. The Morgan fingerprint density at radius 1 is 0.696 bits per heavy atom. The maximum Gasteiger partial charge on any atom is 0.236 e. The first kappa shape index (κ1) is 16.7. The Hall–Kier alpha value is -1.10. The third kappa shape index (κ3) is 4.46. The average Bonchev–Trinajstić information content (AvgIpc) is 2.63. The first-order valence-corrected chi connectivity index (χ1v) is 9.53. The molecule has 0 spiro atoms. The highest BCUT2D eigenvalue weighted by Gasteiger charge is 2.30. The number of hydrogen-bond acceptors (Lipinski definition) is 3. The lowest BCUT2D eigenvalue weighted by Crippen LogP contribution is -2.47. The summed E-state index contributed by atoms with van der Waals surface area (Å²) in [6.07, 6.45) is 8.99. The van der Waals surface area contributed by atoms with Crippen LogP contribution in [0.15, 0.2) is 0 Å². The molecule has 2 amide bonds. The average molecular weight is 321 g/mol. The highest BCUT2D eigenvalue weighted by molar-refractivity contribution is 5.79. The number of nitrogens with zero attached hydrogens (tertiary/aromatic N) is 3. The van der Waals surface area contributed by atoms with E-state index in [1.807, 2.05) is 4.90 Å². The van der Waals surface area contributed by atoms with Crippen molar-refractivity contribution in [3.05, 3.63) is 0 Å². The van der Waals surface area contributed by atoms with Gasteiger partial charge in [-0.2, -0.15) is 0 Å². The van der Waals surface area contributed by atoms with E-state index >= 15 is 0 Å². The molecule has 0 radical (unpaired) electrons. The van der Waals surface area contributed by atoms with Crippen molar-refractivity contribution in [2.24, 2.45) is 5.92 Å². The molecule has 3 saturated heterocycles. The first-order valence-electron chi connectivity index (χ1n) is 9.53. The van der Waals surface area contributed by atoms with Gasteiger partial charge in [-0.25, -0.2) is 0 Å². The number of carbonyl (C=O) groups is 2. The van der Waals surface area contributed by atoms with Gasteiger partial charge in [0.1, 0.15) is 0 Å². The Bertz CT molecular complexity index is 406. The summed E-state index contributed by atoms with van der Waals surface area (Å²) in [5, 5.41) is 0. The van der Waals surface area contributed by atoms with Crippen LogP contribution in [-0.4, -0.2) is 72.3 Å². The number of rotatable bonds is 3. The predicted octanol–water partition coefficient (Wildman–Crippen LogP) is 1.72. The van der Waals surface area contributed by atoms with Crippen LogP contribution in [-0.2, 0) is 9.59 Å². The number of carbonyl (C=O) groups excluding carboxylic acids is 2. The van der Waals surface area contributed by atoms with Crippen LogP contribution in [0, 0.1) is 5.92 Å². The fourth-order valence-electron chi connectivity index (χ4n) is 4.15. The van der Waals surface area contributed by atoms with Gasteiger partial charge in [-0.15, -0.1) is 0 Å². The lowest BCUT2D eigenvalue weighted by atomic mass is 9.94. The molecule has 5 nitrogen and oxygen atoms in total. The van der Waals surface area contributed by atoms with Gasteiger partial charge in [0.25, 0.3) is 0 Å². The lowest BCUT2D eigenvalue weighted by Gasteiger charge is -2.36. The van der Waals surface area contributed by atoms with Crippen LogP contribution in [0.3, 0.4) is 0 Å². The first-order chi connectivity index (χ1) is 11.2. The molecule has 3 fully saturated rings. The van der Waals surface area contributed by atoms with Crippen LogP contribution in [0.1, 0.15) is 51.4 Å². The fraction of sp³-hybridized carbons (Fsp3) is 0.889. The van der Waals surface area contributed by atoms with E-state index < -0.39 is 0 Å². The monoisotopic (exact) mass is 321 g/mol. The third-order valence-corrected chi connectivity index (χ3v) is 5.67. The summed E-state index contributed by atoms with van der Waals surface area (Å²) in [6.45, 7) is 6.10. The quantitative estimate of drug-likeness (QED) is 0.795. The second kappa shape index (κ2) is 8.13. The Morgan fingerprint density at radius 2 is 1.22 bits per heavy atom. The van der Waals surface area contributed by atoms with Gasteiger partial charge >= 0.3 is 0 Å². The van der Waals surface area contributed by atoms with Gasteiger partial charge in [0.2, 0.25) is 11.8 Å². The second-order valence-corrected chi connectivity index (χ2v) is 7.38.